The first-order valence-electron chi connectivity index (χ1n) is 33.1. The molecule has 0 unspecified atom stereocenters. The Balaban J connectivity index is -0.000000220. The highest BCUT2D eigenvalue weighted by atomic mass is 79.9. The summed E-state index contributed by atoms with van der Waals surface area (Å²) in [6, 6.07) is 47.3. The predicted molar refractivity (Wildman–Crippen MR) is 454 cm³/mol. The number of halogens is 3. The summed E-state index contributed by atoms with van der Waals surface area (Å²) in [6.45, 7) is 41.7. The monoisotopic (exact) mass is 1610 g/mol. The molecular weight excluding hydrogens is 1470 g/mol. The van der Waals surface area contributed by atoms with E-state index in [1.807, 2.05) is 198 Å². The Hall–Kier alpha value is -8.45. The van der Waals surface area contributed by atoms with E-state index in [0.717, 1.165) is 39.4 Å². The number of ether oxygens (including phenoxy) is 9. The summed E-state index contributed by atoms with van der Waals surface area (Å²) in [7, 11) is 1.59. The molecule has 0 aromatic heterocycles. The van der Waals surface area contributed by atoms with Crippen LogP contribution in [0, 0.1) is 50.6 Å². The predicted octanol–water partition coefficient (Wildman–Crippen LogP) is 25.7. The average Bonchev–Trinajstić information content (AvgIpc) is 0.819. The lowest BCUT2D eigenvalue weighted by Crippen LogP contribution is -2.31. The third kappa shape index (κ3) is 46.6. The molecule has 16 nitrogen and oxygen atoms in total. The molecule has 0 amide bonds. The van der Waals surface area contributed by atoms with E-state index in [-0.39, 0.29) is 113 Å². The van der Waals surface area contributed by atoms with Gasteiger partial charge in [0.2, 0.25) is 0 Å². The standard InChI is InChI=1S/C15H16O2.C12H16O3.C12H16O2.C11H13BrO2.C11H13ClO2.C11H13FO2.C10H18O3.8CH4/c1-15(2,3)14(16)17-13-10-6-8-11-7-4-5-9-12(11)13;1-12(2,3)11(13)15-10-7-5-9(14-4)6-8-10;1-9-5-7-10(8-6-9)14-11(13)12(2,3)4;3*1-11(2,3)10(13)14-9-6-4-8(12)5-7-9;1-10(2,3)9(11)13-8-4-6-12-7-5-8;;;;;;;;/h4-10H,1-3H3;5-8H,1-4H3;5-8H,1-4H3;3*4-7H,1-3H3;8H,4-7H2,1-3H3;8*1H4. The van der Waals surface area contributed by atoms with Crippen molar-refractivity contribution in [2.24, 2.45) is 37.9 Å². The molecule has 1 aliphatic heterocycles. The molecule has 0 spiro atoms. The quantitative estimate of drug-likeness (QED) is 0.103. The van der Waals surface area contributed by atoms with Crippen LogP contribution in [0.3, 0.4) is 0 Å². The van der Waals surface area contributed by atoms with Crippen LogP contribution in [0.4, 0.5) is 4.39 Å². The van der Waals surface area contributed by atoms with Gasteiger partial charge in [0.1, 0.15) is 52.2 Å². The molecule has 1 aliphatic rings. The number of esters is 7. The van der Waals surface area contributed by atoms with Gasteiger partial charge in [-0.3, -0.25) is 33.6 Å². The number of fused-ring (bicyclic) bond motifs is 1. The molecule has 1 fully saturated rings. The van der Waals surface area contributed by atoms with Gasteiger partial charge in [0.25, 0.3) is 0 Å². The average molecular weight is 1610 g/mol. The van der Waals surface area contributed by atoms with Gasteiger partial charge in [-0.2, -0.15) is 0 Å². The van der Waals surface area contributed by atoms with Crippen LogP contribution in [0.1, 0.15) is 223 Å². The number of benzene rings is 7. The molecule has 0 N–H and O–H groups in total. The fourth-order valence-corrected chi connectivity index (χ4v) is 7.11. The first kappa shape index (κ1) is 114. The molecule has 614 valence electrons. The van der Waals surface area contributed by atoms with E-state index in [9.17, 15) is 38.0 Å². The van der Waals surface area contributed by atoms with Gasteiger partial charge in [0, 0.05) is 27.7 Å². The maximum absolute atomic E-state index is 12.5. The number of carbonyl (C=O) groups excluding carboxylic acids is 7. The van der Waals surface area contributed by atoms with E-state index >= 15 is 0 Å². The second kappa shape index (κ2) is 51.9. The lowest BCUT2D eigenvalue weighted by atomic mass is 9.97. The highest BCUT2D eigenvalue weighted by molar-refractivity contribution is 9.10. The molecule has 0 aliphatic carbocycles. The van der Waals surface area contributed by atoms with Gasteiger partial charge in [-0.15, -0.1) is 0 Å². The van der Waals surface area contributed by atoms with Crippen LogP contribution in [0.15, 0.2) is 168 Å². The molecule has 0 radical (unpaired) electrons. The van der Waals surface area contributed by atoms with Crippen molar-refractivity contribution in [3.8, 4) is 40.2 Å². The summed E-state index contributed by atoms with van der Waals surface area (Å²) < 4.78 is 60.2. The van der Waals surface area contributed by atoms with Crippen molar-refractivity contribution in [2.45, 2.75) is 231 Å². The Morgan fingerprint density at radius 2 is 0.642 bits per heavy atom. The van der Waals surface area contributed by atoms with Crippen LogP contribution in [0.2, 0.25) is 5.02 Å². The van der Waals surface area contributed by atoms with Crippen molar-refractivity contribution in [1.29, 1.82) is 0 Å². The molecule has 0 saturated carbocycles. The number of carbonyl (C=O) groups is 7. The zero-order valence-electron chi connectivity index (χ0n) is 63.2. The number of hydrogen-bond acceptors (Lipinski definition) is 16. The van der Waals surface area contributed by atoms with E-state index < -0.39 is 37.9 Å². The van der Waals surface area contributed by atoms with Crippen molar-refractivity contribution in [2.75, 3.05) is 20.3 Å². The van der Waals surface area contributed by atoms with Gasteiger partial charge in [0.15, 0.2) is 0 Å². The molecule has 1 heterocycles. The maximum Gasteiger partial charge on any atom is 0.316 e. The van der Waals surface area contributed by atoms with Gasteiger partial charge in [-0.25, -0.2) is 4.39 Å². The molecule has 7 aromatic rings. The highest BCUT2D eigenvalue weighted by Crippen LogP contribution is 2.30. The lowest BCUT2D eigenvalue weighted by Gasteiger charge is -2.26. The van der Waals surface area contributed by atoms with Crippen LogP contribution in [0.5, 0.6) is 40.2 Å². The van der Waals surface area contributed by atoms with E-state index in [4.69, 9.17) is 54.2 Å². The van der Waals surface area contributed by atoms with Gasteiger partial charge >= 0.3 is 41.8 Å². The van der Waals surface area contributed by atoms with Crippen LogP contribution >= 0.6 is 27.5 Å². The van der Waals surface area contributed by atoms with Gasteiger partial charge in [-0.1, -0.05) is 141 Å². The smallest absolute Gasteiger partial charge is 0.316 e. The molecule has 109 heavy (non-hydrogen) atoms. The zero-order valence-corrected chi connectivity index (χ0v) is 65.5. The van der Waals surface area contributed by atoms with Gasteiger partial charge in [-0.05, 0) is 273 Å². The third-order valence-corrected chi connectivity index (χ3v) is 14.0. The summed E-state index contributed by atoms with van der Waals surface area (Å²) in [4.78, 5) is 80.7. The third-order valence-electron chi connectivity index (χ3n) is 13.3. The number of methoxy groups -OCH3 is 1. The normalized spacial score (nSPS) is 11.4. The van der Waals surface area contributed by atoms with Crippen molar-refractivity contribution in [1.82, 2.24) is 0 Å². The maximum atomic E-state index is 12.5. The minimum absolute atomic E-state index is 0. The SMILES string of the molecule is C.C.C.C.C.C.C.C.CC(C)(C)C(=O)OC1CCOCC1.CC(C)(C)C(=O)Oc1ccc(Br)cc1.CC(C)(C)C(=O)Oc1ccc(Cl)cc1.CC(C)(C)C(=O)Oc1ccc(F)cc1.CC(C)(C)C(=O)Oc1cccc2ccccc12.COc1ccc(OC(=O)C(C)(C)C)cc1.Cc1ccc(OC(=O)C(C)(C)C)cc1. The molecule has 19 heteroatoms. The van der Waals surface area contributed by atoms with Crippen LogP contribution in [-0.2, 0) is 43.0 Å². The molecular formula is C90H137BrClFO16. The van der Waals surface area contributed by atoms with Gasteiger partial charge < -0.3 is 42.6 Å². The van der Waals surface area contributed by atoms with E-state index in [1.165, 1.54) is 24.3 Å². The Morgan fingerprint density at radius 3 is 0.972 bits per heavy atom. The fourth-order valence-electron chi connectivity index (χ4n) is 6.72. The van der Waals surface area contributed by atoms with Crippen LogP contribution in [0.25, 0.3) is 10.8 Å². The van der Waals surface area contributed by atoms with Crippen LogP contribution < -0.4 is 33.2 Å². The second-order valence-corrected chi connectivity index (χ2v) is 32.0. The summed E-state index contributed by atoms with van der Waals surface area (Å²) in [5.41, 5.74) is -2.17. The molecule has 0 bridgehead atoms. The van der Waals surface area contributed by atoms with Crippen molar-refractivity contribution >= 4 is 80.1 Å². The number of rotatable bonds is 8. The second-order valence-electron chi connectivity index (χ2n) is 30.6. The number of aryl methyl sites for hydroxylation is 1. The van der Waals surface area contributed by atoms with E-state index in [1.54, 1.807) is 101 Å². The molecule has 8 rings (SSSR count). The summed E-state index contributed by atoms with van der Waals surface area (Å²) >= 11 is 9.01. The Morgan fingerprint density at radius 1 is 0.367 bits per heavy atom. The minimum Gasteiger partial charge on any atom is -0.497 e. The minimum atomic E-state index is -0.547. The fraction of sp³-hybridized carbons (Fsp3) is 0.478. The summed E-state index contributed by atoms with van der Waals surface area (Å²) in [5.74, 6) is 2.06. The Kier molecular flexibility index (Phi) is 54.2. The lowest BCUT2D eigenvalue weighted by molar-refractivity contribution is -0.162. The van der Waals surface area contributed by atoms with E-state index in [2.05, 4.69) is 15.9 Å². The topological polar surface area (TPSA) is 203 Å². The largest absolute Gasteiger partial charge is 0.497 e. The van der Waals surface area contributed by atoms with Crippen molar-refractivity contribution in [3.05, 3.63) is 185 Å². The molecule has 7 aromatic carbocycles. The Bertz CT molecular complexity index is 3440. The number of hydrogen-bond donors (Lipinski definition) is 0. The van der Waals surface area contributed by atoms with Crippen molar-refractivity contribution in [3.63, 3.8) is 0 Å². The van der Waals surface area contributed by atoms with Crippen LogP contribution in [-0.4, -0.2) is 68.2 Å². The molecule has 0 atom stereocenters. The van der Waals surface area contributed by atoms with Crippen molar-refractivity contribution < 1.29 is 80.6 Å². The zero-order chi connectivity index (χ0) is 76.9. The summed E-state index contributed by atoms with van der Waals surface area (Å²) in [5, 5.41) is 2.67. The highest BCUT2D eigenvalue weighted by Gasteiger charge is 2.30. The first-order valence-corrected chi connectivity index (χ1v) is 34.2. The van der Waals surface area contributed by atoms with Gasteiger partial charge in [0.05, 0.1) is 58.2 Å². The van der Waals surface area contributed by atoms with E-state index in [0.29, 0.717) is 52.7 Å². The Labute approximate surface area is 670 Å². The first-order chi connectivity index (χ1) is 46.5. The summed E-state index contributed by atoms with van der Waals surface area (Å²) in [6.07, 6.45) is 1.74. The molecule has 1 saturated heterocycles.